The van der Waals surface area contributed by atoms with Crippen molar-refractivity contribution < 1.29 is 4.79 Å². The molecule has 0 bridgehead atoms. The summed E-state index contributed by atoms with van der Waals surface area (Å²) in [5, 5.41) is 2.94. The number of nitrogens with two attached hydrogens (primary N) is 1. The van der Waals surface area contributed by atoms with Crippen molar-refractivity contribution in [1.29, 1.82) is 0 Å². The molecule has 0 aliphatic carbocycles. The number of nitrogens with one attached hydrogen (secondary N) is 1. The maximum absolute atomic E-state index is 11.8. The maximum Gasteiger partial charge on any atom is 0.230 e. The number of carbonyl (C=O) groups excluding carboxylic acids is 1. The molecule has 0 saturated heterocycles. The Bertz CT molecular complexity index is 229. The van der Waals surface area contributed by atoms with E-state index in [9.17, 15) is 4.79 Å². The van der Waals surface area contributed by atoms with Crippen molar-refractivity contribution in [3.63, 3.8) is 0 Å². The van der Waals surface area contributed by atoms with Crippen LogP contribution in [0.1, 0.15) is 40.5 Å². The largest absolute Gasteiger partial charge is 0.393 e. The zero-order chi connectivity index (χ0) is 12.0. The molecule has 2 unspecified atom stereocenters. The van der Waals surface area contributed by atoms with Crippen LogP contribution in [0.5, 0.6) is 0 Å². The van der Waals surface area contributed by atoms with Gasteiger partial charge in [-0.25, -0.2) is 0 Å². The molecule has 0 radical (unpaired) electrons. The van der Waals surface area contributed by atoms with Crippen LogP contribution < -0.4 is 11.1 Å². The average molecular weight is 230 g/mol. The van der Waals surface area contributed by atoms with Crippen LogP contribution >= 0.6 is 12.2 Å². The molecule has 0 rings (SSSR count). The molecule has 0 aliphatic rings. The molecule has 0 spiro atoms. The average Bonchev–Trinajstić information content (AvgIpc) is 2.12. The number of carbonyl (C=O) groups is 1. The number of hydrogen-bond acceptors (Lipinski definition) is 2. The Kier molecular flexibility index (Phi) is 6.48. The summed E-state index contributed by atoms with van der Waals surface area (Å²) >= 11 is 4.89. The summed E-state index contributed by atoms with van der Waals surface area (Å²) in [6, 6.07) is 0.159. The molecule has 3 nitrogen and oxygen atoms in total. The van der Waals surface area contributed by atoms with Crippen molar-refractivity contribution in [2.75, 3.05) is 0 Å². The summed E-state index contributed by atoms with van der Waals surface area (Å²) in [6.45, 7) is 8.15. The van der Waals surface area contributed by atoms with Gasteiger partial charge in [-0.05, 0) is 19.3 Å². The molecule has 2 atom stereocenters. The highest BCUT2D eigenvalue weighted by Gasteiger charge is 2.22. The van der Waals surface area contributed by atoms with E-state index in [0.29, 0.717) is 10.9 Å². The van der Waals surface area contributed by atoms with E-state index in [0.717, 1.165) is 12.8 Å². The molecule has 3 N–H and O–H groups in total. The molecule has 1 amide bonds. The van der Waals surface area contributed by atoms with Crippen molar-refractivity contribution >= 4 is 23.1 Å². The lowest BCUT2D eigenvalue weighted by atomic mass is 10.0. The van der Waals surface area contributed by atoms with Crippen LogP contribution in [0.25, 0.3) is 0 Å². The fourth-order valence-corrected chi connectivity index (χ4v) is 1.41. The van der Waals surface area contributed by atoms with E-state index in [1.807, 2.05) is 13.8 Å². The number of rotatable bonds is 6. The molecule has 0 aromatic carbocycles. The second-order valence-corrected chi connectivity index (χ2v) is 4.76. The maximum atomic E-state index is 11.8. The fraction of sp³-hybridized carbons (Fsp3) is 0.818. The van der Waals surface area contributed by atoms with Gasteiger partial charge in [-0.3, -0.25) is 4.79 Å². The van der Waals surface area contributed by atoms with E-state index >= 15 is 0 Å². The van der Waals surface area contributed by atoms with Crippen LogP contribution in [0.3, 0.4) is 0 Å². The van der Waals surface area contributed by atoms with Gasteiger partial charge in [0.1, 0.15) is 0 Å². The van der Waals surface area contributed by atoms with E-state index in [-0.39, 0.29) is 17.9 Å². The molecule has 15 heavy (non-hydrogen) atoms. The zero-order valence-corrected chi connectivity index (χ0v) is 10.9. The van der Waals surface area contributed by atoms with Gasteiger partial charge in [-0.2, -0.15) is 0 Å². The van der Waals surface area contributed by atoms with Crippen molar-refractivity contribution in [1.82, 2.24) is 5.32 Å². The Balaban J connectivity index is 4.32. The van der Waals surface area contributed by atoms with Crippen LogP contribution in [0.15, 0.2) is 0 Å². The first-order chi connectivity index (χ1) is 6.90. The minimum atomic E-state index is -0.314. The summed E-state index contributed by atoms with van der Waals surface area (Å²) in [7, 11) is 0. The number of thiocarbonyl (C=S) groups is 1. The third kappa shape index (κ3) is 5.11. The second kappa shape index (κ2) is 6.77. The fourth-order valence-electron chi connectivity index (χ4n) is 1.18. The zero-order valence-electron chi connectivity index (χ0n) is 10.0. The van der Waals surface area contributed by atoms with Crippen molar-refractivity contribution in [2.45, 2.75) is 46.6 Å². The van der Waals surface area contributed by atoms with Crippen LogP contribution in [-0.4, -0.2) is 16.9 Å². The summed E-state index contributed by atoms with van der Waals surface area (Å²) in [5.41, 5.74) is 5.55. The lowest BCUT2D eigenvalue weighted by Crippen LogP contribution is -2.43. The van der Waals surface area contributed by atoms with Crippen molar-refractivity contribution in [3.8, 4) is 0 Å². The van der Waals surface area contributed by atoms with Crippen LogP contribution in [0.4, 0.5) is 0 Å². The Morgan fingerprint density at radius 1 is 1.40 bits per heavy atom. The first-order valence-corrected chi connectivity index (χ1v) is 5.90. The van der Waals surface area contributed by atoms with Gasteiger partial charge in [0.15, 0.2) is 0 Å². The molecule has 0 aromatic rings. The molecular formula is C11H22N2OS. The number of amides is 1. The van der Waals surface area contributed by atoms with E-state index in [1.54, 1.807) is 0 Å². The third-order valence-corrected chi connectivity index (χ3v) is 2.89. The first kappa shape index (κ1) is 14.4. The van der Waals surface area contributed by atoms with E-state index in [4.69, 9.17) is 18.0 Å². The molecular weight excluding hydrogens is 208 g/mol. The summed E-state index contributed by atoms with van der Waals surface area (Å²) in [4.78, 5) is 12.1. The third-order valence-electron chi connectivity index (χ3n) is 2.61. The van der Waals surface area contributed by atoms with Crippen molar-refractivity contribution in [3.05, 3.63) is 0 Å². The van der Waals surface area contributed by atoms with Gasteiger partial charge >= 0.3 is 0 Å². The Labute approximate surface area is 97.8 Å². The molecule has 0 aromatic heterocycles. The summed E-state index contributed by atoms with van der Waals surface area (Å²) in [5.74, 6) is 0.0688. The van der Waals surface area contributed by atoms with Gasteiger partial charge in [0.2, 0.25) is 5.91 Å². The first-order valence-electron chi connectivity index (χ1n) is 5.49. The highest BCUT2D eigenvalue weighted by molar-refractivity contribution is 7.80. The minimum absolute atomic E-state index is 0.0365. The quantitative estimate of drug-likeness (QED) is 0.685. The SMILES string of the molecule is CCCC(C(=O)NC(C)C(C)C)C(N)=S. The molecule has 0 aliphatic heterocycles. The lowest BCUT2D eigenvalue weighted by Gasteiger charge is -2.21. The molecule has 88 valence electrons. The topological polar surface area (TPSA) is 55.1 Å². The van der Waals surface area contributed by atoms with Crippen LogP contribution in [0.2, 0.25) is 0 Å². The molecule has 0 fully saturated rings. The molecule has 0 saturated carbocycles. The van der Waals surface area contributed by atoms with E-state index < -0.39 is 0 Å². The standard InChI is InChI=1S/C11H22N2OS/c1-5-6-9(10(12)15)11(14)13-8(4)7(2)3/h7-9H,5-6H2,1-4H3,(H2,12,15)(H,13,14). The van der Waals surface area contributed by atoms with Gasteiger partial charge in [0, 0.05) is 6.04 Å². The Hall–Kier alpha value is -0.640. The Morgan fingerprint density at radius 3 is 2.27 bits per heavy atom. The highest BCUT2D eigenvalue weighted by atomic mass is 32.1. The lowest BCUT2D eigenvalue weighted by molar-refractivity contribution is -0.124. The highest BCUT2D eigenvalue weighted by Crippen LogP contribution is 2.09. The van der Waals surface area contributed by atoms with Crippen LogP contribution in [-0.2, 0) is 4.79 Å². The molecule has 4 heteroatoms. The van der Waals surface area contributed by atoms with E-state index in [2.05, 4.69) is 19.2 Å². The minimum Gasteiger partial charge on any atom is -0.393 e. The molecule has 0 heterocycles. The van der Waals surface area contributed by atoms with Gasteiger partial charge in [0.25, 0.3) is 0 Å². The smallest absolute Gasteiger partial charge is 0.230 e. The Morgan fingerprint density at radius 2 is 1.93 bits per heavy atom. The van der Waals surface area contributed by atoms with Crippen molar-refractivity contribution in [2.24, 2.45) is 17.6 Å². The second-order valence-electron chi connectivity index (χ2n) is 4.28. The van der Waals surface area contributed by atoms with Gasteiger partial charge in [-0.15, -0.1) is 0 Å². The predicted molar refractivity (Wildman–Crippen MR) is 67.6 cm³/mol. The predicted octanol–water partition coefficient (Wildman–Crippen LogP) is 1.85. The summed E-state index contributed by atoms with van der Waals surface area (Å²) < 4.78 is 0. The summed E-state index contributed by atoms with van der Waals surface area (Å²) in [6.07, 6.45) is 1.64. The normalized spacial score (nSPS) is 14.7. The number of hydrogen-bond donors (Lipinski definition) is 2. The van der Waals surface area contributed by atoms with Gasteiger partial charge in [-0.1, -0.05) is 39.4 Å². The van der Waals surface area contributed by atoms with Crippen LogP contribution in [0, 0.1) is 11.8 Å². The van der Waals surface area contributed by atoms with Gasteiger partial charge < -0.3 is 11.1 Å². The van der Waals surface area contributed by atoms with E-state index in [1.165, 1.54) is 0 Å². The van der Waals surface area contributed by atoms with Gasteiger partial charge in [0.05, 0.1) is 10.9 Å². The monoisotopic (exact) mass is 230 g/mol.